The van der Waals surface area contributed by atoms with E-state index in [1.807, 2.05) is 6.92 Å². The number of nitrogens with one attached hydrogen (secondary N) is 1. The van der Waals surface area contributed by atoms with Gasteiger partial charge in [-0.25, -0.2) is 12.8 Å². The van der Waals surface area contributed by atoms with Crippen molar-refractivity contribution in [2.24, 2.45) is 0 Å². The van der Waals surface area contributed by atoms with Crippen LogP contribution < -0.4 is 5.32 Å². The van der Waals surface area contributed by atoms with E-state index in [1.54, 1.807) is 6.07 Å². The van der Waals surface area contributed by atoms with Crippen LogP contribution in [0.5, 0.6) is 0 Å². The van der Waals surface area contributed by atoms with Crippen LogP contribution in [0.2, 0.25) is 0 Å². The maximum Gasteiger partial charge on any atom is 0.218 e. The van der Waals surface area contributed by atoms with E-state index in [9.17, 15) is 12.8 Å². The number of piperazine rings is 1. The molecule has 0 aromatic heterocycles. The van der Waals surface area contributed by atoms with Crippen molar-refractivity contribution in [3.63, 3.8) is 0 Å². The van der Waals surface area contributed by atoms with E-state index in [2.05, 4.69) is 5.32 Å². The fraction of sp³-hybridized carbons (Fsp3) is 0.500. The molecular weight excluding hydrogens is 255 g/mol. The lowest BCUT2D eigenvalue weighted by Gasteiger charge is -2.31. The fourth-order valence-electron chi connectivity index (χ4n) is 2.08. The molecule has 0 bridgehead atoms. The molecule has 1 N–H and O–H groups in total. The Bertz CT molecular complexity index is 519. The summed E-state index contributed by atoms with van der Waals surface area (Å²) in [6.07, 6.45) is 0. The van der Waals surface area contributed by atoms with Crippen LogP contribution >= 0.6 is 0 Å². The maximum absolute atomic E-state index is 13.0. The summed E-state index contributed by atoms with van der Waals surface area (Å²) in [6.45, 7) is 3.55. The molecule has 2 rings (SSSR count). The lowest BCUT2D eigenvalue weighted by molar-refractivity contribution is 0.310. The van der Waals surface area contributed by atoms with Crippen LogP contribution in [0.15, 0.2) is 24.3 Å². The van der Waals surface area contributed by atoms with E-state index >= 15 is 0 Å². The Morgan fingerprint density at radius 2 is 2.28 bits per heavy atom. The number of benzene rings is 1. The Kier molecular flexibility index (Phi) is 3.99. The first-order chi connectivity index (χ1) is 8.47. The summed E-state index contributed by atoms with van der Waals surface area (Å²) in [5.74, 6) is -0.548. The molecule has 1 aromatic rings. The lowest BCUT2D eigenvalue weighted by Crippen LogP contribution is -2.51. The Hall–Kier alpha value is -0.980. The van der Waals surface area contributed by atoms with Gasteiger partial charge >= 0.3 is 0 Å². The van der Waals surface area contributed by atoms with Crippen molar-refractivity contribution in [3.05, 3.63) is 35.6 Å². The normalized spacial score (nSPS) is 22.0. The SMILES string of the molecule is C[C@@H]1CN(S(=O)(=O)Cc2cccc(F)c2)CCN1. The van der Waals surface area contributed by atoms with Gasteiger partial charge in [0.1, 0.15) is 5.82 Å². The number of nitrogens with zero attached hydrogens (tertiary/aromatic N) is 1. The molecule has 18 heavy (non-hydrogen) atoms. The summed E-state index contributed by atoms with van der Waals surface area (Å²) >= 11 is 0. The van der Waals surface area contributed by atoms with Gasteiger partial charge in [0, 0.05) is 25.7 Å². The second-order valence-corrected chi connectivity index (χ2v) is 6.57. The molecule has 100 valence electrons. The molecule has 1 fully saturated rings. The monoisotopic (exact) mass is 272 g/mol. The average molecular weight is 272 g/mol. The van der Waals surface area contributed by atoms with Gasteiger partial charge < -0.3 is 5.32 Å². The van der Waals surface area contributed by atoms with Gasteiger partial charge in [-0.3, -0.25) is 0 Å². The highest BCUT2D eigenvalue weighted by Crippen LogP contribution is 2.13. The fourth-order valence-corrected chi connectivity index (χ4v) is 3.68. The molecule has 0 radical (unpaired) electrons. The smallest absolute Gasteiger partial charge is 0.218 e. The zero-order valence-electron chi connectivity index (χ0n) is 10.3. The molecule has 1 atom stereocenters. The van der Waals surface area contributed by atoms with Gasteiger partial charge in [0.2, 0.25) is 10.0 Å². The summed E-state index contributed by atoms with van der Waals surface area (Å²) in [5, 5.41) is 3.19. The number of rotatable bonds is 3. The Morgan fingerprint density at radius 1 is 1.50 bits per heavy atom. The standard InChI is InChI=1S/C12H17FN2O2S/c1-10-8-15(6-5-14-10)18(16,17)9-11-3-2-4-12(13)7-11/h2-4,7,10,14H,5-6,8-9H2,1H3/t10-/m1/s1. The van der Waals surface area contributed by atoms with Crippen LogP contribution in [0.1, 0.15) is 12.5 Å². The highest BCUT2D eigenvalue weighted by Gasteiger charge is 2.26. The van der Waals surface area contributed by atoms with Gasteiger partial charge in [-0.15, -0.1) is 0 Å². The van der Waals surface area contributed by atoms with Gasteiger partial charge in [0.05, 0.1) is 5.75 Å². The molecule has 1 aliphatic heterocycles. The summed E-state index contributed by atoms with van der Waals surface area (Å²) in [6, 6.07) is 5.89. The van der Waals surface area contributed by atoms with E-state index in [0.717, 1.165) is 0 Å². The van der Waals surface area contributed by atoms with Crippen molar-refractivity contribution in [1.29, 1.82) is 0 Å². The maximum atomic E-state index is 13.0. The second-order valence-electron chi connectivity index (χ2n) is 4.60. The van der Waals surface area contributed by atoms with Gasteiger partial charge in [0.25, 0.3) is 0 Å². The predicted molar refractivity (Wildman–Crippen MR) is 68.1 cm³/mol. The van der Waals surface area contributed by atoms with E-state index in [4.69, 9.17) is 0 Å². The summed E-state index contributed by atoms with van der Waals surface area (Å²) in [5.41, 5.74) is 0.487. The molecule has 0 unspecified atom stereocenters. The number of halogens is 1. The number of sulfonamides is 1. The van der Waals surface area contributed by atoms with Crippen LogP contribution in [0, 0.1) is 5.82 Å². The van der Waals surface area contributed by atoms with Gasteiger partial charge in [-0.2, -0.15) is 4.31 Å². The first-order valence-electron chi connectivity index (χ1n) is 5.93. The van der Waals surface area contributed by atoms with Crippen LogP contribution in [0.3, 0.4) is 0 Å². The Balaban J connectivity index is 2.11. The molecule has 0 spiro atoms. The van der Waals surface area contributed by atoms with E-state index in [1.165, 1.54) is 22.5 Å². The zero-order chi connectivity index (χ0) is 13.2. The Morgan fingerprint density at radius 3 is 2.94 bits per heavy atom. The van der Waals surface area contributed by atoms with Crippen molar-refractivity contribution in [1.82, 2.24) is 9.62 Å². The molecule has 4 nitrogen and oxygen atoms in total. The van der Waals surface area contributed by atoms with E-state index < -0.39 is 15.8 Å². The molecule has 1 saturated heterocycles. The highest BCUT2D eigenvalue weighted by atomic mass is 32.2. The number of hydrogen-bond acceptors (Lipinski definition) is 3. The van der Waals surface area contributed by atoms with Gasteiger partial charge in [0.15, 0.2) is 0 Å². The summed E-state index contributed by atoms with van der Waals surface area (Å²) < 4.78 is 38.9. The van der Waals surface area contributed by atoms with Gasteiger partial charge in [-0.1, -0.05) is 12.1 Å². The third kappa shape index (κ3) is 3.28. The van der Waals surface area contributed by atoms with Crippen molar-refractivity contribution in [3.8, 4) is 0 Å². The van der Waals surface area contributed by atoms with E-state index in [-0.39, 0.29) is 11.8 Å². The first kappa shape index (κ1) is 13.5. The van der Waals surface area contributed by atoms with Crippen LogP contribution in [0.4, 0.5) is 4.39 Å². The molecular formula is C12H17FN2O2S. The van der Waals surface area contributed by atoms with Crippen molar-refractivity contribution in [2.75, 3.05) is 19.6 Å². The third-order valence-electron chi connectivity index (χ3n) is 2.96. The lowest BCUT2D eigenvalue weighted by atomic mass is 10.2. The van der Waals surface area contributed by atoms with Crippen LogP contribution in [-0.4, -0.2) is 38.4 Å². The number of hydrogen-bond donors (Lipinski definition) is 1. The molecule has 0 saturated carbocycles. The highest BCUT2D eigenvalue weighted by molar-refractivity contribution is 7.88. The minimum absolute atomic E-state index is 0.141. The zero-order valence-corrected chi connectivity index (χ0v) is 11.1. The van der Waals surface area contributed by atoms with E-state index in [0.29, 0.717) is 25.2 Å². The first-order valence-corrected chi connectivity index (χ1v) is 7.54. The minimum Gasteiger partial charge on any atom is -0.312 e. The third-order valence-corrected chi connectivity index (χ3v) is 4.78. The molecule has 1 heterocycles. The predicted octanol–water partition coefficient (Wildman–Crippen LogP) is 0.949. The topological polar surface area (TPSA) is 49.4 Å². The second kappa shape index (κ2) is 5.34. The van der Waals surface area contributed by atoms with Crippen molar-refractivity contribution in [2.45, 2.75) is 18.7 Å². The van der Waals surface area contributed by atoms with Crippen molar-refractivity contribution < 1.29 is 12.8 Å². The molecule has 1 aromatic carbocycles. The largest absolute Gasteiger partial charge is 0.312 e. The molecule has 1 aliphatic rings. The summed E-state index contributed by atoms with van der Waals surface area (Å²) in [7, 11) is -3.36. The Labute approximate surface area is 107 Å². The van der Waals surface area contributed by atoms with Crippen LogP contribution in [-0.2, 0) is 15.8 Å². The minimum atomic E-state index is -3.36. The molecule has 0 aliphatic carbocycles. The molecule has 0 amide bonds. The average Bonchev–Trinajstić information content (AvgIpc) is 2.28. The summed E-state index contributed by atoms with van der Waals surface area (Å²) in [4.78, 5) is 0. The van der Waals surface area contributed by atoms with Crippen molar-refractivity contribution >= 4 is 10.0 Å². The van der Waals surface area contributed by atoms with Crippen LogP contribution in [0.25, 0.3) is 0 Å². The van der Waals surface area contributed by atoms with Gasteiger partial charge in [-0.05, 0) is 24.6 Å². The molecule has 6 heteroatoms. The quantitative estimate of drug-likeness (QED) is 0.891.